The minimum absolute atomic E-state index is 0.404. The first kappa shape index (κ1) is 9.02. The van der Waals surface area contributed by atoms with Crippen molar-refractivity contribution in [3.05, 3.63) is 22.8 Å². The molecule has 5 heteroatoms. The van der Waals surface area contributed by atoms with Crippen LogP contribution >= 0.6 is 11.6 Å². The number of aldehydes is 1. The van der Waals surface area contributed by atoms with Gasteiger partial charge in [-0.15, -0.1) is 0 Å². The molecule has 4 nitrogen and oxygen atoms in total. The SMILES string of the molecule is COc1cc(Cl)c2n[nH]c(C=O)c2c1. The summed E-state index contributed by atoms with van der Waals surface area (Å²) < 4.78 is 5.03. The van der Waals surface area contributed by atoms with Gasteiger partial charge in [-0.2, -0.15) is 5.10 Å². The zero-order chi connectivity index (χ0) is 10.1. The van der Waals surface area contributed by atoms with Gasteiger partial charge in [0.2, 0.25) is 0 Å². The molecule has 2 rings (SSSR count). The lowest BCUT2D eigenvalue weighted by Crippen LogP contribution is -1.84. The lowest BCUT2D eigenvalue weighted by Gasteiger charge is -2.00. The first-order valence-corrected chi connectivity index (χ1v) is 4.31. The Balaban J connectivity index is 2.79. The quantitative estimate of drug-likeness (QED) is 0.772. The summed E-state index contributed by atoms with van der Waals surface area (Å²) in [7, 11) is 1.54. The molecule has 1 N–H and O–H groups in total. The van der Waals surface area contributed by atoms with Crippen molar-refractivity contribution < 1.29 is 9.53 Å². The minimum Gasteiger partial charge on any atom is -0.497 e. The van der Waals surface area contributed by atoms with Gasteiger partial charge in [-0.3, -0.25) is 9.89 Å². The highest BCUT2D eigenvalue weighted by atomic mass is 35.5. The molecule has 0 bridgehead atoms. The molecule has 1 aromatic carbocycles. The Morgan fingerprint density at radius 1 is 1.57 bits per heavy atom. The van der Waals surface area contributed by atoms with Gasteiger partial charge in [0.1, 0.15) is 17.0 Å². The van der Waals surface area contributed by atoms with E-state index in [9.17, 15) is 4.79 Å². The summed E-state index contributed by atoms with van der Waals surface area (Å²) in [5.74, 6) is 0.604. The molecule has 0 saturated carbocycles. The van der Waals surface area contributed by atoms with Crippen molar-refractivity contribution in [3.8, 4) is 5.75 Å². The molecule has 0 saturated heterocycles. The van der Waals surface area contributed by atoms with E-state index in [0.717, 1.165) is 0 Å². The highest BCUT2D eigenvalue weighted by Crippen LogP contribution is 2.28. The molecule has 0 radical (unpaired) electrons. The van der Waals surface area contributed by atoms with Gasteiger partial charge in [0.25, 0.3) is 0 Å². The van der Waals surface area contributed by atoms with E-state index in [1.54, 1.807) is 12.1 Å². The number of nitrogens with zero attached hydrogens (tertiary/aromatic N) is 1. The number of carbonyl (C=O) groups is 1. The molecule has 0 unspecified atom stereocenters. The molecule has 72 valence electrons. The smallest absolute Gasteiger partial charge is 0.168 e. The van der Waals surface area contributed by atoms with E-state index in [0.29, 0.717) is 33.7 Å². The van der Waals surface area contributed by atoms with Crippen molar-refractivity contribution in [2.75, 3.05) is 7.11 Å². The zero-order valence-electron chi connectivity index (χ0n) is 7.37. The van der Waals surface area contributed by atoms with Crippen LogP contribution in [-0.2, 0) is 0 Å². The number of fused-ring (bicyclic) bond motifs is 1. The van der Waals surface area contributed by atoms with Gasteiger partial charge < -0.3 is 4.74 Å². The number of methoxy groups -OCH3 is 1. The van der Waals surface area contributed by atoms with Gasteiger partial charge >= 0.3 is 0 Å². The Kier molecular flexibility index (Phi) is 2.13. The Hall–Kier alpha value is -1.55. The van der Waals surface area contributed by atoms with E-state index in [-0.39, 0.29) is 0 Å². The maximum atomic E-state index is 10.6. The van der Waals surface area contributed by atoms with Gasteiger partial charge in [0, 0.05) is 11.5 Å². The normalized spacial score (nSPS) is 10.4. The first-order valence-electron chi connectivity index (χ1n) is 3.93. The largest absolute Gasteiger partial charge is 0.497 e. The lowest BCUT2D eigenvalue weighted by atomic mass is 10.2. The van der Waals surface area contributed by atoms with Crippen molar-refractivity contribution in [2.24, 2.45) is 0 Å². The molecule has 0 aliphatic carbocycles. The third-order valence-corrected chi connectivity index (χ3v) is 2.26. The van der Waals surface area contributed by atoms with Crippen LogP contribution in [-0.4, -0.2) is 23.6 Å². The van der Waals surface area contributed by atoms with Crippen LogP contribution in [0.1, 0.15) is 10.5 Å². The Morgan fingerprint density at radius 3 is 3.00 bits per heavy atom. The fraction of sp³-hybridized carbons (Fsp3) is 0.111. The highest BCUT2D eigenvalue weighted by Gasteiger charge is 2.09. The average molecular weight is 211 g/mol. The summed E-state index contributed by atoms with van der Waals surface area (Å²) in [6.45, 7) is 0. The van der Waals surface area contributed by atoms with Gasteiger partial charge in [0.05, 0.1) is 12.1 Å². The van der Waals surface area contributed by atoms with Crippen LogP contribution in [0.5, 0.6) is 5.75 Å². The van der Waals surface area contributed by atoms with E-state index < -0.39 is 0 Å². The fourth-order valence-electron chi connectivity index (χ4n) is 1.28. The van der Waals surface area contributed by atoms with Gasteiger partial charge in [-0.1, -0.05) is 11.6 Å². The minimum atomic E-state index is 0.404. The number of aromatic amines is 1. The third kappa shape index (κ3) is 1.24. The molecule has 1 aromatic heterocycles. The second-order valence-electron chi connectivity index (χ2n) is 2.76. The van der Waals surface area contributed by atoms with Crippen LogP contribution in [0.4, 0.5) is 0 Å². The number of rotatable bonds is 2. The summed E-state index contributed by atoms with van der Waals surface area (Å²) in [6.07, 6.45) is 0.700. The van der Waals surface area contributed by atoms with Gasteiger partial charge in [-0.25, -0.2) is 0 Å². The number of ether oxygens (including phenoxy) is 1. The number of aromatic nitrogens is 2. The Morgan fingerprint density at radius 2 is 2.36 bits per heavy atom. The highest BCUT2D eigenvalue weighted by molar-refractivity contribution is 6.35. The number of nitrogens with one attached hydrogen (secondary N) is 1. The van der Waals surface area contributed by atoms with Crippen molar-refractivity contribution >= 4 is 28.8 Å². The van der Waals surface area contributed by atoms with Crippen LogP contribution in [0.25, 0.3) is 10.9 Å². The van der Waals surface area contributed by atoms with Crippen molar-refractivity contribution in [1.82, 2.24) is 10.2 Å². The second kappa shape index (κ2) is 3.31. The van der Waals surface area contributed by atoms with E-state index in [1.165, 1.54) is 7.11 Å². The number of H-pyrrole nitrogens is 1. The molecular weight excluding hydrogens is 204 g/mol. The molecule has 1 heterocycles. The molecule has 0 spiro atoms. The van der Waals surface area contributed by atoms with Crippen molar-refractivity contribution in [3.63, 3.8) is 0 Å². The van der Waals surface area contributed by atoms with Crippen molar-refractivity contribution in [1.29, 1.82) is 0 Å². The fourth-order valence-corrected chi connectivity index (χ4v) is 1.53. The number of carbonyl (C=O) groups excluding carboxylic acids is 1. The average Bonchev–Trinajstić information content (AvgIpc) is 2.61. The first-order chi connectivity index (χ1) is 6.76. The van der Waals surface area contributed by atoms with E-state index in [4.69, 9.17) is 16.3 Å². The molecule has 0 atom stereocenters. The monoisotopic (exact) mass is 210 g/mol. The summed E-state index contributed by atoms with van der Waals surface area (Å²) >= 11 is 5.93. The molecule has 2 aromatic rings. The molecule has 0 fully saturated rings. The summed E-state index contributed by atoms with van der Waals surface area (Å²) in [6, 6.07) is 3.37. The van der Waals surface area contributed by atoms with E-state index in [1.807, 2.05) is 0 Å². The topological polar surface area (TPSA) is 55.0 Å². The Bertz CT molecular complexity index is 493. The number of halogens is 1. The Labute approximate surface area is 84.8 Å². The standard InChI is InChI=1S/C9H7ClN2O2/c1-14-5-2-6-8(4-13)11-12-9(6)7(10)3-5/h2-4H,1H3,(H,11,12). The van der Waals surface area contributed by atoms with Crippen LogP contribution in [0, 0.1) is 0 Å². The van der Waals surface area contributed by atoms with Crippen LogP contribution in [0.2, 0.25) is 5.02 Å². The van der Waals surface area contributed by atoms with Crippen LogP contribution in [0.3, 0.4) is 0 Å². The van der Waals surface area contributed by atoms with Crippen molar-refractivity contribution in [2.45, 2.75) is 0 Å². The predicted octanol–water partition coefficient (Wildman–Crippen LogP) is 2.04. The van der Waals surface area contributed by atoms with Crippen LogP contribution in [0.15, 0.2) is 12.1 Å². The van der Waals surface area contributed by atoms with Gasteiger partial charge in [0.15, 0.2) is 6.29 Å². The zero-order valence-corrected chi connectivity index (χ0v) is 8.13. The number of hydrogen-bond donors (Lipinski definition) is 1. The second-order valence-corrected chi connectivity index (χ2v) is 3.17. The van der Waals surface area contributed by atoms with E-state index in [2.05, 4.69) is 10.2 Å². The third-order valence-electron chi connectivity index (χ3n) is 1.97. The molecule has 0 amide bonds. The van der Waals surface area contributed by atoms with E-state index >= 15 is 0 Å². The lowest BCUT2D eigenvalue weighted by molar-refractivity contribution is 0.112. The van der Waals surface area contributed by atoms with Crippen LogP contribution < -0.4 is 4.74 Å². The summed E-state index contributed by atoms with van der Waals surface area (Å²) in [5.41, 5.74) is 0.982. The summed E-state index contributed by atoms with van der Waals surface area (Å²) in [4.78, 5) is 10.6. The van der Waals surface area contributed by atoms with Gasteiger partial charge in [-0.05, 0) is 6.07 Å². The summed E-state index contributed by atoms with van der Waals surface area (Å²) in [5, 5.41) is 7.65. The maximum absolute atomic E-state index is 10.6. The predicted molar refractivity (Wildman–Crippen MR) is 53.0 cm³/mol. The molecule has 0 aliphatic heterocycles. The molecule has 0 aliphatic rings. The molecule has 14 heavy (non-hydrogen) atoms. The number of hydrogen-bond acceptors (Lipinski definition) is 3. The number of benzene rings is 1. The maximum Gasteiger partial charge on any atom is 0.168 e. The molecular formula is C9H7ClN2O2.